The molecule has 0 fully saturated rings. The first-order valence-corrected chi connectivity index (χ1v) is 16.4. The van der Waals surface area contributed by atoms with Crippen LogP contribution in [-0.4, -0.2) is 137 Å². The third-order valence-corrected chi connectivity index (χ3v) is 5.96. The van der Waals surface area contributed by atoms with Crippen LogP contribution in [0, 0.1) is 6.92 Å². The molecule has 0 radical (unpaired) electrons. The second kappa shape index (κ2) is 31.8. The molecule has 1 rings (SSSR count). The SMILES string of the molecule is CC(=O)OCCNC(=O)N(C)c1ccc(C)cc1.CCCOC(C)=O.CCN(C)C(=O)NCCOC(C)=O.CCN(C)CC(O)COC(C)=O. The maximum atomic E-state index is 11.7. The summed E-state index contributed by atoms with van der Waals surface area (Å²) in [7, 11) is 5.28. The highest BCUT2D eigenvalue weighted by atomic mass is 16.5. The fourth-order valence-electron chi connectivity index (χ4n) is 2.99. The van der Waals surface area contributed by atoms with Crippen molar-refractivity contribution in [3.8, 4) is 0 Å². The molecule has 16 heteroatoms. The Kier molecular flexibility index (Phi) is 31.8. The molecule has 0 spiro atoms. The molecule has 288 valence electrons. The third kappa shape index (κ3) is 33.5. The van der Waals surface area contributed by atoms with E-state index in [1.807, 2.05) is 63.9 Å². The summed E-state index contributed by atoms with van der Waals surface area (Å²) in [6, 6.07) is 7.25. The highest BCUT2D eigenvalue weighted by Gasteiger charge is 2.10. The minimum atomic E-state index is -0.584. The first-order valence-electron chi connectivity index (χ1n) is 16.4. The van der Waals surface area contributed by atoms with E-state index >= 15 is 0 Å². The predicted molar refractivity (Wildman–Crippen MR) is 191 cm³/mol. The van der Waals surface area contributed by atoms with E-state index < -0.39 is 6.10 Å². The van der Waals surface area contributed by atoms with E-state index in [0.29, 0.717) is 32.8 Å². The molecule has 0 saturated carbocycles. The molecule has 0 aliphatic heterocycles. The number of aliphatic hydroxyl groups is 1. The number of amides is 4. The smallest absolute Gasteiger partial charge is 0.321 e. The Balaban J connectivity index is -0.000000618. The number of aliphatic hydroxyl groups excluding tert-OH is 1. The average molecular weight is 716 g/mol. The number of aryl methyl sites for hydroxylation is 1. The maximum Gasteiger partial charge on any atom is 0.321 e. The summed E-state index contributed by atoms with van der Waals surface area (Å²) in [4.78, 5) is 69.0. The van der Waals surface area contributed by atoms with Crippen LogP contribution in [0.3, 0.4) is 0 Å². The average Bonchev–Trinajstić information content (AvgIpc) is 3.06. The summed E-state index contributed by atoms with van der Waals surface area (Å²) in [6.45, 7) is 17.0. The van der Waals surface area contributed by atoms with Gasteiger partial charge in [-0.05, 0) is 46.0 Å². The Bertz CT molecular complexity index is 1100. The number of benzene rings is 1. The van der Waals surface area contributed by atoms with Gasteiger partial charge >= 0.3 is 35.9 Å². The summed E-state index contributed by atoms with van der Waals surface area (Å²) < 4.78 is 18.5. The number of nitrogens with one attached hydrogen (secondary N) is 2. The van der Waals surface area contributed by atoms with Gasteiger partial charge < -0.3 is 44.5 Å². The summed E-state index contributed by atoms with van der Waals surface area (Å²) in [6.07, 6.45) is 0.318. The van der Waals surface area contributed by atoms with Gasteiger partial charge in [-0.25, -0.2) is 9.59 Å². The summed E-state index contributed by atoms with van der Waals surface area (Å²) in [5.41, 5.74) is 1.95. The van der Waals surface area contributed by atoms with Crippen molar-refractivity contribution in [2.45, 2.75) is 67.9 Å². The van der Waals surface area contributed by atoms with E-state index in [9.17, 15) is 33.9 Å². The fourth-order valence-corrected chi connectivity index (χ4v) is 2.99. The predicted octanol–water partition coefficient (Wildman–Crippen LogP) is 2.74. The second-order valence-electron chi connectivity index (χ2n) is 10.7. The van der Waals surface area contributed by atoms with Crippen molar-refractivity contribution in [2.75, 3.05) is 85.2 Å². The van der Waals surface area contributed by atoms with Crippen LogP contribution in [0.5, 0.6) is 0 Å². The Morgan fingerprint density at radius 1 is 0.680 bits per heavy atom. The van der Waals surface area contributed by atoms with Crippen LogP contribution in [0.1, 0.15) is 60.5 Å². The Morgan fingerprint density at radius 2 is 1.12 bits per heavy atom. The van der Waals surface area contributed by atoms with Gasteiger partial charge in [0.15, 0.2) is 0 Å². The summed E-state index contributed by atoms with van der Waals surface area (Å²) in [5, 5.41) is 14.5. The molecule has 0 heterocycles. The van der Waals surface area contributed by atoms with Gasteiger partial charge in [0.25, 0.3) is 0 Å². The Morgan fingerprint density at radius 3 is 1.50 bits per heavy atom. The van der Waals surface area contributed by atoms with Crippen molar-refractivity contribution in [1.29, 1.82) is 0 Å². The van der Waals surface area contributed by atoms with E-state index in [2.05, 4.69) is 24.8 Å². The molecule has 3 N–H and O–H groups in total. The topological polar surface area (TPSA) is 193 Å². The number of carbonyl (C=O) groups is 6. The quantitative estimate of drug-likeness (QED) is 0.137. The number of hydrogen-bond donors (Lipinski definition) is 3. The number of carbonyl (C=O) groups excluding carboxylic acids is 6. The molecule has 1 aromatic carbocycles. The molecule has 16 nitrogen and oxygen atoms in total. The second-order valence-corrected chi connectivity index (χ2v) is 10.7. The van der Waals surface area contributed by atoms with E-state index in [0.717, 1.165) is 24.2 Å². The van der Waals surface area contributed by atoms with Crippen molar-refractivity contribution in [3.63, 3.8) is 0 Å². The van der Waals surface area contributed by atoms with Crippen LogP contribution in [0.15, 0.2) is 24.3 Å². The van der Waals surface area contributed by atoms with Gasteiger partial charge in [0, 0.05) is 60.6 Å². The van der Waals surface area contributed by atoms with Gasteiger partial charge in [0.2, 0.25) is 0 Å². The minimum absolute atomic E-state index is 0.0830. The number of hydrogen-bond acceptors (Lipinski definition) is 12. The number of likely N-dealkylation sites (N-methyl/N-ethyl adjacent to an activating group) is 1. The van der Waals surface area contributed by atoms with Crippen LogP contribution in [0.25, 0.3) is 0 Å². The standard InChI is InChI=1S/C13H18N2O3.C8H16N2O3.C8H17NO3.C5H10O2/c1-10-4-6-12(7-5-10)15(3)13(17)14-8-9-18-11(2)16;1-4-10(3)8(12)9-5-6-13-7(2)11;1-4-9(3)5-8(11)6-12-7(2)10;1-3-4-7-5(2)6/h4-7H,8-9H2,1-3H3,(H,14,17);4-6H2,1-3H3,(H,9,12);8,11H,4-6H2,1-3H3;3-4H2,1-2H3. The molecule has 0 aliphatic rings. The number of esters is 4. The molecule has 1 atom stereocenters. The zero-order chi connectivity index (χ0) is 39.1. The third-order valence-electron chi connectivity index (χ3n) is 5.96. The molecule has 1 aromatic rings. The van der Waals surface area contributed by atoms with Crippen molar-refractivity contribution >= 4 is 41.6 Å². The van der Waals surface area contributed by atoms with Crippen LogP contribution < -0.4 is 15.5 Å². The lowest BCUT2D eigenvalue weighted by Gasteiger charge is -2.18. The van der Waals surface area contributed by atoms with Gasteiger partial charge in [0.05, 0.1) is 19.7 Å². The highest BCUT2D eigenvalue weighted by Crippen LogP contribution is 2.13. The first-order chi connectivity index (χ1) is 23.4. The van der Waals surface area contributed by atoms with Gasteiger partial charge in [-0.1, -0.05) is 31.5 Å². The van der Waals surface area contributed by atoms with Gasteiger partial charge in [-0.3, -0.25) is 24.1 Å². The lowest BCUT2D eigenvalue weighted by atomic mass is 10.2. The van der Waals surface area contributed by atoms with Crippen LogP contribution in [0.4, 0.5) is 15.3 Å². The van der Waals surface area contributed by atoms with E-state index in [-0.39, 0.29) is 55.8 Å². The minimum Gasteiger partial charge on any atom is -0.466 e. The van der Waals surface area contributed by atoms with Crippen LogP contribution in [-0.2, 0) is 38.1 Å². The molecule has 0 saturated heterocycles. The molecular formula is C34H61N5O11. The fraction of sp³-hybridized carbons (Fsp3) is 0.647. The number of rotatable bonds is 15. The van der Waals surface area contributed by atoms with Crippen molar-refractivity contribution < 1.29 is 52.8 Å². The van der Waals surface area contributed by atoms with E-state index in [4.69, 9.17) is 4.74 Å². The zero-order valence-corrected chi connectivity index (χ0v) is 31.8. The molecule has 1 unspecified atom stereocenters. The van der Waals surface area contributed by atoms with Gasteiger partial charge in [0.1, 0.15) is 25.9 Å². The number of urea groups is 2. The molecule has 4 amide bonds. The monoisotopic (exact) mass is 715 g/mol. The highest BCUT2D eigenvalue weighted by molar-refractivity contribution is 5.91. The van der Waals surface area contributed by atoms with Crippen LogP contribution in [0.2, 0.25) is 0 Å². The lowest BCUT2D eigenvalue weighted by molar-refractivity contribution is -0.144. The van der Waals surface area contributed by atoms with Gasteiger partial charge in [-0.15, -0.1) is 0 Å². The number of anilines is 1. The normalized spacial score (nSPS) is 10.2. The Hall–Kier alpha value is -4.44. The van der Waals surface area contributed by atoms with Crippen molar-refractivity contribution in [3.05, 3.63) is 29.8 Å². The zero-order valence-electron chi connectivity index (χ0n) is 31.8. The molecule has 0 aliphatic carbocycles. The molecule has 50 heavy (non-hydrogen) atoms. The van der Waals surface area contributed by atoms with E-state index in [1.165, 1.54) is 37.5 Å². The van der Waals surface area contributed by atoms with Crippen molar-refractivity contribution in [2.24, 2.45) is 0 Å². The largest absolute Gasteiger partial charge is 0.466 e. The van der Waals surface area contributed by atoms with E-state index in [1.54, 1.807) is 14.1 Å². The summed E-state index contributed by atoms with van der Waals surface area (Å²) >= 11 is 0. The number of nitrogens with zero attached hydrogens (tertiary/aromatic N) is 3. The number of ether oxygens (including phenoxy) is 4. The molecule has 0 bridgehead atoms. The van der Waals surface area contributed by atoms with Gasteiger partial charge in [-0.2, -0.15) is 0 Å². The first kappa shape index (κ1) is 49.9. The van der Waals surface area contributed by atoms with Crippen LogP contribution >= 0.6 is 0 Å². The molecule has 0 aromatic heterocycles. The summed E-state index contributed by atoms with van der Waals surface area (Å²) in [5.74, 6) is -1.23. The maximum absolute atomic E-state index is 11.7. The molecular weight excluding hydrogens is 654 g/mol. The van der Waals surface area contributed by atoms with Crippen molar-refractivity contribution in [1.82, 2.24) is 20.4 Å². The Labute approximate surface area is 297 Å². The lowest BCUT2D eigenvalue weighted by Crippen LogP contribution is -2.39.